The Morgan fingerprint density at radius 1 is 0.950 bits per heavy atom. The van der Waals surface area contributed by atoms with E-state index in [0.717, 1.165) is 12.1 Å². The number of benzene rings is 1. The molecule has 0 unspecified atom stereocenters. The number of sulfone groups is 1. The van der Waals surface area contributed by atoms with Gasteiger partial charge >= 0.3 is 6.18 Å². The monoisotopic (exact) mass is 308 g/mol. The summed E-state index contributed by atoms with van der Waals surface area (Å²) in [5.74, 6) is -0.0445. The molecule has 1 aromatic carbocycles. The third kappa shape index (κ3) is 3.53. The van der Waals surface area contributed by atoms with Crippen molar-refractivity contribution in [1.82, 2.24) is 0 Å². The standard InChI is InChI=1S/C14H19F3O2S/c1-9(2)10(3)20(18,19)11(4)12-5-7-13(8-6-12)14(15,16)17/h5-11H,1-4H3/t10-,11+/m0/s1. The van der Waals surface area contributed by atoms with Gasteiger partial charge in [-0.25, -0.2) is 8.42 Å². The van der Waals surface area contributed by atoms with Crippen LogP contribution in [0.4, 0.5) is 13.2 Å². The van der Waals surface area contributed by atoms with Crippen molar-refractivity contribution in [2.75, 3.05) is 0 Å². The third-order valence-electron chi connectivity index (χ3n) is 3.66. The summed E-state index contributed by atoms with van der Waals surface area (Å²) in [6.07, 6.45) is -4.41. The van der Waals surface area contributed by atoms with Crippen LogP contribution in [0.3, 0.4) is 0 Å². The molecule has 0 N–H and O–H groups in total. The Labute approximate surface area is 117 Å². The zero-order valence-electron chi connectivity index (χ0n) is 11.9. The number of rotatable bonds is 4. The molecule has 0 aliphatic rings. The van der Waals surface area contributed by atoms with Gasteiger partial charge in [-0.05, 0) is 37.5 Å². The predicted octanol–water partition coefficient (Wildman–Crippen LogP) is 4.23. The van der Waals surface area contributed by atoms with Crippen LogP contribution in [0.2, 0.25) is 0 Å². The van der Waals surface area contributed by atoms with Crippen molar-refractivity contribution < 1.29 is 21.6 Å². The number of alkyl halides is 3. The summed E-state index contributed by atoms with van der Waals surface area (Å²) in [4.78, 5) is 0. The first-order valence-electron chi connectivity index (χ1n) is 6.37. The van der Waals surface area contributed by atoms with E-state index >= 15 is 0 Å². The minimum atomic E-state index is -4.41. The van der Waals surface area contributed by atoms with Crippen LogP contribution in [0.1, 0.15) is 44.1 Å². The van der Waals surface area contributed by atoms with Crippen LogP contribution in [0.25, 0.3) is 0 Å². The topological polar surface area (TPSA) is 34.1 Å². The Morgan fingerprint density at radius 3 is 1.75 bits per heavy atom. The van der Waals surface area contributed by atoms with Gasteiger partial charge in [0.1, 0.15) is 0 Å². The maximum atomic E-state index is 12.5. The highest BCUT2D eigenvalue weighted by Crippen LogP contribution is 2.32. The van der Waals surface area contributed by atoms with Crippen LogP contribution in [-0.4, -0.2) is 13.7 Å². The zero-order chi connectivity index (χ0) is 15.7. The Morgan fingerprint density at radius 2 is 1.40 bits per heavy atom. The van der Waals surface area contributed by atoms with E-state index in [9.17, 15) is 21.6 Å². The second-order valence-electron chi connectivity index (χ2n) is 5.30. The fourth-order valence-corrected chi connectivity index (χ4v) is 3.77. The Bertz CT molecular complexity index is 545. The quantitative estimate of drug-likeness (QED) is 0.834. The van der Waals surface area contributed by atoms with Crippen LogP contribution >= 0.6 is 0 Å². The first-order chi connectivity index (χ1) is 8.98. The number of hydrogen-bond acceptors (Lipinski definition) is 2. The molecule has 0 spiro atoms. The molecule has 0 amide bonds. The molecule has 1 rings (SSSR count). The van der Waals surface area contributed by atoms with Gasteiger partial charge in [0.05, 0.1) is 16.1 Å². The average molecular weight is 308 g/mol. The first kappa shape index (κ1) is 17.0. The van der Waals surface area contributed by atoms with Crippen LogP contribution in [0.15, 0.2) is 24.3 Å². The molecule has 0 heterocycles. The molecule has 0 radical (unpaired) electrons. The minimum absolute atomic E-state index is 0.0445. The summed E-state index contributed by atoms with van der Waals surface area (Å²) in [6.45, 7) is 6.75. The molecular formula is C14H19F3O2S. The molecule has 2 atom stereocenters. The maximum absolute atomic E-state index is 12.5. The lowest BCUT2D eigenvalue weighted by molar-refractivity contribution is -0.137. The number of hydrogen-bond donors (Lipinski definition) is 0. The van der Waals surface area contributed by atoms with Crippen LogP contribution in [0.5, 0.6) is 0 Å². The largest absolute Gasteiger partial charge is 0.416 e. The Kier molecular flexibility index (Phi) is 4.90. The molecular weight excluding hydrogens is 289 g/mol. The van der Waals surface area contributed by atoms with Crippen molar-refractivity contribution in [1.29, 1.82) is 0 Å². The molecule has 0 saturated heterocycles. The lowest BCUT2D eigenvalue weighted by Crippen LogP contribution is -2.27. The molecule has 0 aromatic heterocycles. The molecule has 1 aromatic rings. The van der Waals surface area contributed by atoms with E-state index in [1.54, 1.807) is 6.92 Å². The summed E-state index contributed by atoms with van der Waals surface area (Å²) in [5.41, 5.74) is -0.395. The van der Waals surface area contributed by atoms with Crippen LogP contribution < -0.4 is 0 Å². The average Bonchev–Trinajstić information content (AvgIpc) is 2.35. The van der Waals surface area contributed by atoms with Crippen LogP contribution in [-0.2, 0) is 16.0 Å². The predicted molar refractivity (Wildman–Crippen MR) is 73.1 cm³/mol. The highest BCUT2D eigenvalue weighted by atomic mass is 32.2. The van der Waals surface area contributed by atoms with Crippen molar-refractivity contribution in [2.24, 2.45) is 5.92 Å². The van der Waals surface area contributed by atoms with Gasteiger partial charge in [-0.3, -0.25) is 0 Å². The molecule has 114 valence electrons. The first-order valence-corrected chi connectivity index (χ1v) is 7.98. The third-order valence-corrected chi connectivity index (χ3v) is 6.50. The van der Waals surface area contributed by atoms with Crippen LogP contribution in [0, 0.1) is 5.92 Å². The smallest absolute Gasteiger partial charge is 0.228 e. The summed E-state index contributed by atoms with van der Waals surface area (Å²) >= 11 is 0. The van der Waals surface area contributed by atoms with E-state index in [1.165, 1.54) is 19.1 Å². The molecule has 20 heavy (non-hydrogen) atoms. The van der Waals surface area contributed by atoms with Gasteiger partial charge in [-0.15, -0.1) is 0 Å². The van der Waals surface area contributed by atoms with Gasteiger partial charge < -0.3 is 0 Å². The van der Waals surface area contributed by atoms with Gasteiger partial charge in [0.25, 0.3) is 0 Å². The van der Waals surface area contributed by atoms with Gasteiger partial charge in [-0.2, -0.15) is 13.2 Å². The lowest BCUT2D eigenvalue weighted by atomic mass is 10.1. The second-order valence-corrected chi connectivity index (χ2v) is 7.93. The molecule has 6 heteroatoms. The summed E-state index contributed by atoms with van der Waals surface area (Å²) in [6, 6.07) is 4.30. The van der Waals surface area contributed by atoms with E-state index in [4.69, 9.17) is 0 Å². The van der Waals surface area contributed by atoms with Crippen molar-refractivity contribution in [3.05, 3.63) is 35.4 Å². The van der Waals surface area contributed by atoms with Crippen molar-refractivity contribution in [3.8, 4) is 0 Å². The minimum Gasteiger partial charge on any atom is -0.228 e. The normalized spacial score (nSPS) is 16.2. The molecule has 0 bridgehead atoms. The molecule has 0 aliphatic heterocycles. The van der Waals surface area contributed by atoms with E-state index < -0.39 is 32.1 Å². The summed E-state index contributed by atoms with van der Waals surface area (Å²) in [5, 5.41) is -1.36. The maximum Gasteiger partial charge on any atom is 0.416 e. The van der Waals surface area contributed by atoms with Crippen molar-refractivity contribution in [2.45, 2.75) is 44.4 Å². The van der Waals surface area contributed by atoms with E-state index in [2.05, 4.69) is 0 Å². The molecule has 0 aliphatic carbocycles. The lowest BCUT2D eigenvalue weighted by Gasteiger charge is -2.22. The molecule has 0 saturated carbocycles. The Balaban J connectivity index is 3.07. The van der Waals surface area contributed by atoms with Crippen molar-refractivity contribution >= 4 is 9.84 Å². The highest BCUT2D eigenvalue weighted by Gasteiger charge is 2.33. The van der Waals surface area contributed by atoms with E-state index in [0.29, 0.717) is 5.56 Å². The van der Waals surface area contributed by atoms with Gasteiger partial charge in [-0.1, -0.05) is 26.0 Å². The van der Waals surface area contributed by atoms with Crippen molar-refractivity contribution in [3.63, 3.8) is 0 Å². The van der Waals surface area contributed by atoms with Gasteiger partial charge in [0.2, 0.25) is 0 Å². The van der Waals surface area contributed by atoms with E-state index in [-0.39, 0.29) is 5.92 Å². The van der Waals surface area contributed by atoms with Gasteiger partial charge in [0.15, 0.2) is 9.84 Å². The summed E-state index contributed by atoms with van der Waals surface area (Å²) in [7, 11) is -3.42. The molecule has 2 nitrogen and oxygen atoms in total. The highest BCUT2D eigenvalue weighted by molar-refractivity contribution is 7.92. The zero-order valence-corrected chi connectivity index (χ0v) is 12.7. The fourth-order valence-electron chi connectivity index (χ4n) is 1.83. The number of halogens is 3. The molecule has 0 fully saturated rings. The van der Waals surface area contributed by atoms with Gasteiger partial charge in [0, 0.05) is 0 Å². The Hall–Kier alpha value is -1.04. The SMILES string of the molecule is CC(C)[C@H](C)S(=O)(=O)[C@H](C)c1ccc(C(F)(F)F)cc1. The summed E-state index contributed by atoms with van der Waals surface area (Å²) < 4.78 is 62.1. The van der Waals surface area contributed by atoms with E-state index in [1.807, 2.05) is 13.8 Å². The fraction of sp³-hybridized carbons (Fsp3) is 0.571. The second kappa shape index (κ2) is 5.76.